The van der Waals surface area contributed by atoms with Crippen LogP contribution in [-0.2, 0) is 20.9 Å². The van der Waals surface area contributed by atoms with Crippen LogP contribution >= 0.6 is 0 Å². The molecule has 1 unspecified atom stereocenters. The van der Waals surface area contributed by atoms with Gasteiger partial charge < -0.3 is 20.3 Å². The second kappa shape index (κ2) is 14.8. The normalized spacial score (nSPS) is 11.8. The maximum atomic E-state index is 13.6. The Kier molecular flexibility index (Phi) is 11.9. The second-order valence-corrected chi connectivity index (χ2v) is 9.98. The lowest BCUT2D eigenvalue weighted by molar-refractivity contribution is -0.140. The molecule has 0 bridgehead atoms. The van der Waals surface area contributed by atoms with Gasteiger partial charge in [0.1, 0.15) is 18.2 Å². The van der Waals surface area contributed by atoms with Gasteiger partial charge in [0.15, 0.2) is 0 Å². The number of carbonyl (C=O) groups is 3. The van der Waals surface area contributed by atoms with Crippen LogP contribution in [-0.4, -0.2) is 41.5 Å². The third kappa shape index (κ3) is 10.5. The molecular formula is C30H41N3O4. The number of carbonyl (C=O) groups excluding carboxylic acids is 3. The van der Waals surface area contributed by atoms with Crippen LogP contribution in [0.15, 0.2) is 61.2 Å². The van der Waals surface area contributed by atoms with Crippen molar-refractivity contribution in [2.24, 2.45) is 0 Å². The van der Waals surface area contributed by atoms with Crippen molar-refractivity contribution in [3.05, 3.63) is 77.9 Å². The van der Waals surface area contributed by atoms with E-state index in [0.29, 0.717) is 18.7 Å². The predicted molar refractivity (Wildman–Crippen MR) is 148 cm³/mol. The van der Waals surface area contributed by atoms with Crippen LogP contribution in [0.1, 0.15) is 76.1 Å². The van der Waals surface area contributed by atoms with Crippen LogP contribution in [0.5, 0.6) is 0 Å². The summed E-state index contributed by atoms with van der Waals surface area (Å²) < 4.78 is 5.28. The fourth-order valence-corrected chi connectivity index (χ4v) is 3.88. The molecular weight excluding hydrogens is 466 g/mol. The first-order chi connectivity index (χ1) is 17.6. The first-order valence-corrected chi connectivity index (χ1v) is 12.9. The number of rotatable bonds is 13. The van der Waals surface area contributed by atoms with E-state index in [9.17, 15) is 14.4 Å². The van der Waals surface area contributed by atoms with Crippen LogP contribution in [0.25, 0.3) is 6.08 Å². The summed E-state index contributed by atoms with van der Waals surface area (Å²) >= 11 is 0. The number of amides is 3. The zero-order chi connectivity index (χ0) is 27.3. The Morgan fingerprint density at radius 2 is 1.73 bits per heavy atom. The number of nitrogens with one attached hydrogen (secondary N) is 2. The molecule has 0 radical (unpaired) electrons. The number of hydrogen-bond donors (Lipinski definition) is 2. The van der Waals surface area contributed by atoms with E-state index in [1.54, 1.807) is 31.7 Å². The van der Waals surface area contributed by atoms with Crippen LogP contribution in [0.4, 0.5) is 4.79 Å². The number of nitrogens with zero attached hydrogens (tertiary/aromatic N) is 1. The molecule has 7 heteroatoms. The third-order valence-electron chi connectivity index (χ3n) is 5.69. The highest BCUT2D eigenvalue weighted by Gasteiger charge is 2.31. The quantitative estimate of drug-likeness (QED) is 0.345. The van der Waals surface area contributed by atoms with Gasteiger partial charge in [-0.15, -0.1) is 0 Å². The van der Waals surface area contributed by atoms with Crippen LogP contribution in [0.3, 0.4) is 0 Å². The Morgan fingerprint density at radius 3 is 2.38 bits per heavy atom. The predicted octanol–water partition coefficient (Wildman–Crippen LogP) is 5.62. The number of hydrogen-bond acceptors (Lipinski definition) is 4. The Balaban J connectivity index is 2.32. The molecule has 0 aliphatic rings. The summed E-state index contributed by atoms with van der Waals surface area (Å²) in [5.41, 5.74) is 1.81. The molecule has 2 N–H and O–H groups in total. The molecule has 37 heavy (non-hydrogen) atoms. The zero-order valence-electron chi connectivity index (χ0n) is 22.6. The van der Waals surface area contributed by atoms with E-state index >= 15 is 0 Å². The van der Waals surface area contributed by atoms with Gasteiger partial charge in [0.2, 0.25) is 11.8 Å². The summed E-state index contributed by atoms with van der Waals surface area (Å²) in [4.78, 5) is 40.9. The van der Waals surface area contributed by atoms with Gasteiger partial charge in [-0.05, 0) is 49.9 Å². The first-order valence-electron chi connectivity index (χ1n) is 12.9. The third-order valence-corrected chi connectivity index (χ3v) is 5.69. The highest BCUT2D eigenvalue weighted by Crippen LogP contribution is 2.24. The highest BCUT2D eigenvalue weighted by molar-refractivity contribution is 5.90. The molecule has 200 valence electrons. The Labute approximate surface area is 221 Å². The van der Waals surface area contributed by atoms with Crippen molar-refractivity contribution in [2.45, 2.75) is 71.6 Å². The van der Waals surface area contributed by atoms with Gasteiger partial charge in [0.25, 0.3) is 0 Å². The average molecular weight is 508 g/mol. The number of unbranched alkanes of at least 4 members (excludes halogenated alkanes) is 3. The Morgan fingerprint density at radius 1 is 1.00 bits per heavy atom. The van der Waals surface area contributed by atoms with Crippen molar-refractivity contribution in [2.75, 3.05) is 13.1 Å². The SMILES string of the molecule is C=Cc1cccc(C(C(=O)NCc2ccccc2)N(CCCCCC)C(=O)CNC(=O)OC(C)(C)C)c1. The number of ether oxygens (including phenoxy) is 1. The van der Waals surface area contributed by atoms with Gasteiger partial charge in [0.05, 0.1) is 0 Å². The number of alkyl carbamates (subject to hydrolysis) is 1. The molecule has 0 spiro atoms. The summed E-state index contributed by atoms with van der Waals surface area (Å²) in [5.74, 6) is -0.641. The Bertz CT molecular complexity index is 1030. The van der Waals surface area contributed by atoms with E-state index < -0.39 is 17.7 Å². The van der Waals surface area contributed by atoms with Gasteiger partial charge in [-0.2, -0.15) is 0 Å². The number of benzene rings is 2. The van der Waals surface area contributed by atoms with Crippen molar-refractivity contribution in [3.8, 4) is 0 Å². The lowest BCUT2D eigenvalue weighted by Gasteiger charge is -2.32. The molecule has 0 heterocycles. The molecule has 1 atom stereocenters. The maximum Gasteiger partial charge on any atom is 0.408 e. The van der Waals surface area contributed by atoms with Crippen molar-refractivity contribution < 1.29 is 19.1 Å². The zero-order valence-corrected chi connectivity index (χ0v) is 22.6. The van der Waals surface area contributed by atoms with Crippen LogP contribution in [0.2, 0.25) is 0 Å². The van der Waals surface area contributed by atoms with Gasteiger partial charge in [0, 0.05) is 13.1 Å². The van der Waals surface area contributed by atoms with Gasteiger partial charge >= 0.3 is 6.09 Å². The Hall–Kier alpha value is -3.61. The summed E-state index contributed by atoms with van der Waals surface area (Å²) in [6, 6.07) is 16.2. The van der Waals surface area contributed by atoms with Crippen molar-refractivity contribution >= 4 is 24.0 Å². The van der Waals surface area contributed by atoms with E-state index in [4.69, 9.17) is 4.74 Å². The summed E-state index contributed by atoms with van der Waals surface area (Å²) in [5, 5.41) is 5.54. The molecule has 0 saturated heterocycles. The van der Waals surface area contributed by atoms with Gasteiger partial charge in [-0.3, -0.25) is 9.59 Å². The van der Waals surface area contributed by atoms with E-state index in [2.05, 4.69) is 24.1 Å². The molecule has 3 amide bonds. The highest BCUT2D eigenvalue weighted by atomic mass is 16.6. The molecule has 0 aliphatic carbocycles. The molecule has 7 nitrogen and oxygen atoms in total. The van der Waals surface area contributed by atoms with Crippen molar-refractivity contribution in [1.29, 1.82) is 0 Å². The minimum atomic E-state index is -0.863. The average Bonchev–Trinajstić information content (AvgIpc) is 2.87. The first kappa shape index (κ1) is 29.6. The molecule has 2 aromatic rings. The van der Waals surface area contributed by atoms with E-state index in [1.165, 1.54) is 0 Å². The fourth-order valence-electron chi connectivity index (χ4n) is 3.88. The largest absolute Gasteiger partial charge is 0.444 e. The lowest BCUT2D eigenvalue weighted by Crippen LogP contribution is -2.48. The second-order valence-electron chi connectivity index (χ2n) is 9.98. The molecule has 0 saturated carbocycles. The van der Waals surface area contributed by atoms with Crippen LogP contribution in [0, 0.1) is 0 Å². The topological polar surface area (TPSA) is 87.7 Å². The van der Waals surface area contributed by atoms with E-state index in [0.717, 1.165) is 36.8 Å². The minimum absolute atomic E-state index is 0.272. The lowest BCUT2D eigenvalue weighted by atomic mass is 10.0. The molecule has 0 fully saturated rings. The van der Waals surface area contributed by atoms with Crippen LogP contribution < -0.4 is 10.6 Å². The van der Waals surface area contributed by atoms with Gasteiger partial charge in [-0.25, -0.2) is 4.79 Å². The molecule has 2 rings (SSSR count). The molecule has 2 aromatic carbocycles. The summed E-state index contributed by atoms with van der Waals surface area (Å²) in [6.45, 7) is 11.7. The van der Waals surface area contributed by atoms with Gasteiger partial charge in [-0.1, -0.05) is 87.4 Å². The van der Waals surface area contributed by atoms with E-state index in [1.807, 2.05) is 54.6 Å². The maximum absolute atomic E-state index is 13.6. The standard InChI is InChI=1S/C30H41N3O4/c1-6-8-9-13-19-33(26(34)22-32-29(36)37-30(3,4)5)27(25-18-14-17-23(7-2)20-25)28(35)31-21-24-15-11-10-12-16-24/h7,10-12,14-18,20,27H,2,6,8-9,13,19,21-22H2,1,3-5H3,(H,31,35)(H,32,36). The minimum Gasteiger partial charge on any atom is -0.444 e. The fraction of sp³-hybridized carbons (Fsp3) is 0.433. The smallest absolute Gasteiger partial charge is 0.408 e. The van der Waals surface area contributed by atoms with Crippen molar-refractivity contribution in [1.82, 2.24) is 15.5 Å². The monoisotopic (exact) mass is 507 g/mol. The van der Waals surface area contributed by atoms with E-state index in [-0.39, 0.29) is 18.4 Å². The van der Waals surface area contributed by atoms with Crippen molar-refractivity contribution in [3.63, 3.8) is 0 Å². The summed E-state index contributed by atoms with van der Waals surface area (Å²) in [7, 11) is 0. The molecule has 0 aliphatic heterocycles. The molecule has 0 aromatic heterocycles. The summed E-state index contributed by atoms with van der Waals surface area (Å²) in [6.07, 6.45) is 4.80.